The molecule has 1 fully saturated rings. The predicted molar refractivity (Wildman–Crippen MR) is 136 cm³/mol. The molecule has 36 heavy (non-hydrogen) atoms. The normalized spacial score (nSPS) is 14.5. The fraction of sp³-hybridized carbons (Fsp3) is 0.0741. The summed E-state index contributed by atoms with van der Waals surface area (Å²) in [7, 11) is 0. The van der Waals surface area contributed by atoms with Crippen molar-refractivity contribution in [2.24, 2.45) is 0 Å². The molecule has 0 aliphatic carbocycles. The smallest absolute Gasteiger partial charge is 0.329 e. The Kier molecular flexibility index (Phi) is 6.26. The molecule has 0 saturated carbocycles. The number of nitrogens with one attached hydrogen (secondary N) is 2. The molecule has 180 valence electrons. The van der Waals surface area contributed by atoms with E-state index < -0.39 is 30.2 Å². The van der Waals surface area contributed by atoms with E-state index in [1.54, 1.807) is 12.1 Å². The van der Waals surface area contributed by atoms with Gasteiger partial charge in [-0.15, -0.1) is 0 Å². The first-order chi connectivity index (χ1) is 17.4. The standard InChI is InChI=1S/C27H20ClFN4O3/c28-20-9-3-1-7-17(20)14-32-15-18(19-8-2-6-12-24(19)32)13-23-26(35)33(27(36)31-23)16-25(34)30-22-11-5-4-10-21(22)29/h1-13,15H,14,16H2,(H,30,34)(H,31,36)/b23-13+. The number of carbonyl (C=O) groups is 3. The first-order valence-electron chi connectivity index (χ1n) is 11.1. The number of rotatable bonds is 6. The number of hydrogen-bond donors (Lipinski definition) is 2. The molecule has 0 bridgehead atoms. The molecule has 1 aromatic heterocycles. The number of anilines is 1. The van der Waals surface area contributed by atoms with Gasteiger partial charge in [0.15, 0.2) is 0 Å². The van der Waals surface area contributed by atoms with Crippen molar-refractivity contribution in [1.29, 1.82) is 0 Å². The van der Waals surface area contributed by atoms with Crippen molar-refractivity contribution in [1.82, 2.24) is 14.8 Å². The lowest BCUT2D eigenvalue weighted by molar-refractivity contribution is -0.127. The van der Waals surface area contributed by atoms with Gasteiger partial charge < -0.3 is 15.2 Å². The van der Waals surface area contributed by atoms with E-state index in [-0.39, 0.29) is 11.4 Å². The zero-order valence-electron chi connectivity index (χ0n) is 18.9. The van der Waals surface area contributed by atoms with Gasteiger partial charge in [-0.05, 0) is 35.9 Å². The third-order valence-electron chi connectivity index (χ3n) is 5.83. The number of nitrogens with zero attached hydrogens (tertiary/aromatic N) is 2. The van der Waals surface area contributed by atoms with Crippen molar-refractivity contribution in [3.8, 4) is 0 Å². The van der Waals surface area contributed by atoms with Crippen LogP contribution in [0.3, 0.4) is 0 Å². The molecule has 5 rings (SSSR count). The van der Waals surface area contributed by atoms with Crippen molar-refractivity contribution in [3.05, 3.63) is 107 Å². The number of benzene rings is 3. The van der Waals surface area contributed by atoms with Crippen LogP contribution < -0.4 is 10.6 Å². The average molecular weight is 503 g/mol. The van der Waals surface area contributed by atoms with E-state index in [0.717, 1.165) is 26.9 Å². The maximum Gasteiger partial charge on any atom is 0.329 e. The summed E-state index contributed by atoms with van der Waals surface area (Å²) < 4.78 is 15.8. The number of urea groups is 1. The number of carbonyl (C=O) groups excluding carboxylic acids is 3. The maximum atomic E-state index is 13.8. The van der Waals surface area contributed by atoms with Gasteiger partial charge in [-0.1, -0.05) is 60.1 Å². The van der Waals surface area contributed by atoms with Gasteiger partial charge >= 0.3 is 6.03 Å². The molecule has 0 radical (unpaired) electrons. The first kappa shape index (κ1) is 23.3. The third-order valence-corrected chi connectivity index (χ3v) is 6.20. The minimum Gasteiger partial charge on any atom is -0.342 e. The van der Waals surface area contributed by atoms with Crippen LogP contribution in [0.15, 0.2) is 84.7 Å². The molecule has 9 heteroatoms. The first-order valence-corrected chi connectivity index (χ1v) is 11.5. The lowest BCUT2D eigenvalue weighted by atomic mass is 10.1. The Morgan fingerprint density at radius 1 is 1.00 bits per heavy atom. The van der Waals surface area contributed by atoms with Gasteiger partial charge in [-0.25, -0.2) is 14.1 Å². The van der Waals surface area contributed by atoms with Crippen molar-refractivity contribution in [2.45, 2.75) is 6.54 Å². The average Bonchev–Trinajstić information content (AvgIpc) is 3.34. The molecule has 0 unspecified atom stereocenters. The topological polar surface area (TPSA) is 83.4 Å². The molecule has 0 atom stereocenters. The monoisotopic (exact) mass is 502 g/mol. The maximum absolute atomic E-state index is 13.8. The highest BCUT2D eigenvalue weighted by molar-refractivity contribution is 6.31. The minimum absolute atomic E-state index is 0.0309. The molecule has 2 N–H and O–H groups in total. The highest BCUT2D eigenvalue weighted by Crippen LogP contribution is 2.27. The van der Waals surface area contributed by atoms with Gasteiger partial charge in [0.05, 0.1) is 5.69 Å². The van der Waals surface area contributed by atoms with Crippen molar-refractivity contribution in [3.63, 3.8) is 0 Å². The Labute approximate surface area is 210 Å². The highest BCUT2D eigenvalue weighted by Gasteiger charge is 2.35. The molecular formula is C27H20ClFN4O3. The molecular weight excluding hydrogens is 483 g/mol. The number of hydrogen-bond acceptors (Lipinski definition) is 3. The number of para-hydroxylation sites is 2. The van der Waals surface area contributed by atoms with Crippen LogP contribution in [0.25, 0.3) is 17.0 Å². The van der Waals surface area contributed by atoms with E-state index in [0.29, 0.717) is 11.6 Å². The lowest BCUT2D eigenvalue weighted by Crippen LogP contribution is -2.38. The zero-order chi connectivity index (χ0) is 25.2. The molecule has 2 heterocycles. The highest BCUT2D eigenvalue weighted by atomic mass is 35.5. The van der Waals surface area contributed by atoms with Gasteiger partial charge in [-0.3, -0.25) is 9.59 Å². The fourth-order valence-corrected chi connectivity index (χ4v) is 4.29. The second kappa shape index (κ2) is 9.67. The molecule has 1 aliphatic rings. The minimum atomic E-state index is -0.727. The van der Waals surface area contributed by atoms with Crippen LogP contribution in [0.4, 0.5) is 14.9 Å². The van der Waals surface area contributed by atoms with E-state index >= 15 is 0 Å². The summed E-state index contributed by atoms with van der Waals surface area (Å²) >= 11 is 6.35. The number of imide groups is 1. The van der Waals surface area contributed by atoms with Crippen LogP contribution in [0.5, 0.6) is 0 Å². The summed E-state index contributed by atoms with van der Waals surface area (Å²) in [5.74, 6) is -1.95. The zero-order valence-corrected chi connectivity index (χ0v) is 19.6. The summed E-state index contributed by atoms with van der Waals surface area (Å²) in [5, 5.41) is 6.44. The van der Waals surface area contributed by atoms with Crippen LogP contribution in [0.1, 0.15) is 11.1 Å². The number of aromatic nitrogens is 1. The Morgan fingerprint density at radius 2 is 1.72 bits per heavy atom. The third kappa shape index (κ3) is 4.58. The SMILES string of the molecule is O=C(CN1C(=O)N/C(=C/c2cn(Cc3ccccc3Cl)c3ccccc23)C1=O)Nc1ccccc1F. The summed E-state index contributed by atoms with van der Waals surface area (Å²) in [5.41, 5.74) is 2.61. The van der Waals surface area contributed by atoms with Crippen molar-refractivity contribution in [2.75, 3.05) is 11.9 Å². The van der Waals surface area contributed by atoms with Gasteiger partial charge in [0.25, 0.3) is 5.91 Å². The Bertz CT molecular complexity index is 1550. The van der Waals surface area contributed by atoms with Gasteiger partial charge in [-0.2, -0.15) is 0 Å². The number of halogens is 2. The molecule has 1 saturated heterocycles. The van der Waals surface area contributed by atoms with Crippen LogP contribution in [-0.2, 0) is 16.1 Å². The van der Waals surface area contributed by atoms with Gasteiger partial charge in [0.1, 0.15) is 18.1 Å². The Balaban J connectivity index is 1.39. The van der Waals surface area contributed by atoms with Crippen LogP contribution in [-0.4, -0.2) is 33.9 Å². The quantitative estimate of drug-likeness (QED) is 0.287. The largest absolute Gasteiger partial charge is 0.342 e. The molecule has 4 amide bonds. The Hall–Kier alpha value is -4.43. The molecule has 4 aromatic rings. The van der Waals surface area contributed by atoms with E-state index in [1.165, 1.54) is 18.2 Å². The van der Waals surface area contributed by atoms with E-state index in [4.69, 9.17) is 11.6 Å². The summed E-state index contributed by atoms with van der Waals surface area (Å²) in [4.78, 5) is 38.6. The lowest BCUT2D eigenvalue weighted by Gasteiger charge is -2.12. The second-order valence-electron chi connectivity index (χ2n) is 8.23. The van der Waals surface area contributed by atoms with E-state index in [9.17, 15) is 18.8 Å². The van der Waals surface area contributed by atoms with Crippen molar-refractivity contribution < 1.29 is 18.8 Å². The van der Waals surface area contributed by atoms with Crippen molar-refractivity contribution >= 4 is 52.1 Å². The molecule has 3 aromatic carbocycles. The summed E-state index contributed by atoms with van der Waals surface area (Å²) in [6, 6.07) is 20.2. The van der Waals surface area contributed by atoms with Gasteiger partial charge in [0.2, 0.25) is 5.91 Å². The van der Waals surface area contributed by atoms with Crippen LogP contribution in [0, 0.1) is 5.82 Å². The van der Waals surface area contributed by atoms with E-state index in [2.05, 4.69) is 10.6 Å². The number of fused-ring (bicyclic) bond motifs is 1. The predicted octanol–water partition coefficient (Wildman–Crippen LogP) is 5.01. The van der Waals surface area contributed by atoms with Gasteiger partial charge in [0, 0.05) is 34.2 Å². The van der Waals surface area contributed by atoms with E-state index in [1.807, 2.05) is 59.3 Å². The Morgan fingerprint density at radius 3 is 2.53 bits per heavy atom. The molecule has 1 aliphatic heterocycles. The summed E-state index contributed by atoms with van der Waals surface area (Å²) in [6.07, 6.45) is 3.47. The van der Waals surface area contributed by atoms with Crippen LogP contribution in [0.2, 0.25) is 5.02 Å². The molecule has 0 spiro atoms. The fourth-order valence-electron chi connectivity index (χ4n) is 4.10. The van der Waals surface area contributed by atoms with Crippen LogP contribution >= 0.6 is 11.6 Å². The second-order valence-corrected chi connectivity index (χ2v) is 8.64. The molecule has 7 nitrogen and oxygen atoms in total. The summed E-state index contributed by atoms with van der Waals surface area (Å²) in [6.45, 7) is -0.0311. The number of amides is 4.